The Labute approximate surface area is 123 Å². The van der Waals surface area contributed by atoms with Gasteiger partial charge in [-0.3, -0.25) is 4.79 Å². The van der Waals surface area contributed by atoms with Crippen LogP contribution in [0, 0.1) is 6.92 Å². The largest absolute Gasteiger partial charge is 0.337 e. The van der Waals surface area contributed by atoms with Gasteiger partial charge in [-0.05, 0) is 31.2 Å². The second kappa shape index (κ2) is 5.40. The molecule has 0 aromatic carbocycles. The first-order chi connectivity index (χ1) is 9.65. The smallest absolute Gasteiger partial charge is 0.263 e. The molecule has 2 aromatic rings. The number of piperidine rings is 1. The number of carbonyl (C=O) groups is 1. The third-order valence-electron chi connectivity index (χ3n) is 3.84. The molecule has 2 aromatic heterocycles. The lowest BCUT2D eigenvalue weighted by Gasteiger charge is -2.32. The van der Waals surface area contributed by atoms with Gasteiger partial charge in [0.05, 0.1) is 10.6 Å². The zero-order valence-electron chi connectivity index (χ0n) is 11.9. The Morgan fingerprint density at radius 3 is 3.00 bits per heavy atom. The summed E-state index contributed by atoms with van der Waals surface area (Å²) in [6.45, 7) is 3.65. The second-order valence-corrected chi connectivity index (χ2v) is 6.37. The Bertz CT molecular complexity index is 603. The van der Waals surface area contributed by atoms with Gasteiger partial charge in [-0.2, -0.15) is 0 Å². The van der Waals surface area contributed by atoms with Crippen LogP contribution in [0.2, 0.25) is 0 Å². The molecule has 0 N–H and O–H groups in total. The monoisotopic (exact) mass is 289 g/mol. The normalized spacial score (nSPS) is 19.3. The number of hydrogen-bond acceptors (Lipinski definition) is 3. The number of likely N-dealkylation sites (tertiary alicyclic amines) is 1. The SMILES string of the molecule is Cc1cn(C)c([C@H]2CCCN(C(=O)c3cccs3)C2)n1. The van der Waals surface area contributed by atoms with Crippen LogP contribution in [0.1, 0.15) is 39.9 Å². The van der Waals surface area contributed by atoms with E-state index < -0.39 is 0 Å². The fourth-order valence-corrected chi connectivity index (χ4v) is 3.63. The fraction of sp³-hybridized carbons (Fsp3) is 0.467. The van der Waals surface area contributed by atoms with E-state index in [9.17, 15) is 4.79 Å². The molecule has 1 saturated heterocycles. The summed E-state index contributed by atoms with van der Waals surface area (Å²) in [5, 5.41) is 1.96. The van der Waals surface area contributed by atoms with E-state index in [1.807, 2.05) is 36.4 Å². The van der Waals surface area contributed by atoms with Crippen LogP contribution >= 0.6 is 11.3 Å². The Kier molecular flexibility index (Phi) is 3.61. The molecule has 0 unspecified atom stereocenters. The highest BCUT2D eigenvalue weighted by Crippen LogP contribution is 2.27. The van der Waals surface area contributed by atoms with Crippen LogP contribution in [-0.4, -0.2) is 33.4 Å². The van der Waals surface area contributed by atoms with E-state index in [4.69, 9.17) is 0 Å². The summed E-state index contributed by atoms with van der Waals surface area (Å²) in [5.41, 5.74) is 1.05. The molecule has 3 rings (SSSR count). The summed E-state index contributed by atoms with van der Waals surface area (Å²) in [7, 11) is 2.04. The molecule has 1 aliphatic rings. The van der Waals surface area contributed by atoms with E-state index in [1.54, 1.807) is 0 Å². The molecule has 0 aliphatic carbocycles. The van der Waals surface area contributed by atoms with Crippen molar-refractivity contribution in [2.24, 2.45) is 7.05 Å². The van der Waals surface area contributed by atoms with Crippen molar-refractivity contribution in [1.82, 2.24) is 14.5 Å². The molecule has 1 fully saturated rings. The van der Waals surface area contributed by atoms with Crippen molar-refractivity contribution < 1.29 is 4.79 Å². The first kappa shape index (κ1) is 13.4. The highest BCUT2D eigenvalue weighted by molar-refractivity contribution is 7.12. The van der Waals surface area contributed by atoms with Crippen LogP contribution in [0.5, 0.6) is 0 Å². The first-order valence-corrected chi connectivity index (χ1v) is 7.86. The van der Waals surface area contributed by atoms with Gasteiger partial charge in [0.1, 0.15) is 5.82 Å². The fourth-order valence-electron chi connectivity index (χ4n) is 2.94. The third-order valence-corrected chi connectivity index (χ3v) is 4.70. The number of hydrogen-bond donors (Lipinski definition) is 0. The van der Waals surface area contributed by atoms with Gasteiger partial charge in [-0.1, -0.05) is 6.07 Å². The summed E-state index contributed by atoms with van der Waals surface area (Å²) < 4.78 is 2.10. The van der Waals surface area contributed by atoms with Crippen molar-refractivity contribution in [3.05, 3.63) is 40.1 Å². The maximum Gasteiger partial charge on any atom is 0.263 e. The Hall–Kier alpha value is -1.62. The maximum absolute atomic E-state index is 12.4. The van der Waals surface area contributed by atoms with Gasteiger partial charge in [0.25, 0.3) is 5.91 Å². The lowest BCUT2D eigenvalue weighted by molar-refractivity contribution is 0.0708. The van der Waals surface area contributed by atoms with Crippen LogP contribution in [0.15, 0.2) is 23.7 Å². The average molecular weight is 289 g/mol. The number of nitrogens with zero attached hydrogens (tertiary/aromatic N) is 3. The molecule has 1 aliphatic heterocycles. The molecule has 0 radical (unpaired) electrons. The number of rotatable bonds is 2. The number of thiophene rings is 1. The van der Waals surface area contributed by atoms with Crippen molar-refractivity contribution in [1.29, 1.82) is 0 Å². The second-order valence-electron chi connectivity index (χ2n) is 5.42. The van der Waals surface area contributed by atoms with E-state index >= 15 is 0 Å². The number of aryl methyl sites for hydroxylation is 2. The van der Waals surface area contributed by atoms with Gasteiger partial charge in [-0.25, -0.2) is 4.98 Å². The molecule has 0 bridgehead atoms. The summed E-state index contributed by atoms with van der Waals surface area (Å²) in [6.07, 6.45) is 4.21. The molecular weight excluding hydrogens is 270 g/mol. The van der Waals surface area contributed by atoms with Gasteiger partial charge in [-0.15, -0.1) is 11.3 Å². The average Bonchev–Trinajstić information content (AvgIpc) is 3.08. The van der Waals surface area contributed by atoms with Crippen molar-refractivity contribution in [3.8, 4) is 0 Å². The molecule has 3 heterocycles. The highest BCUT2D eigenvalue weighted by atomic mass is 32.1. The highest BCUT2D eigenvalue weighted by Gasteiger charge is 2.28. The van der Waals surface area contributed by atoms with Crippen molar-refractivity contribution in [2.75, 3.05) is 13.1 Å². The number of aromatic nitrogens is 2. The lowest BCUT2D eigenvalue weighted by Crippen LogP contribution is -2.39. The Morgan fingerprint density at radius 1 is 1.50 bits per heavy atom. The van der Waals surface area contributed by atoms with Crippen molar-refractivity contribution >= 4 is 17.2 Å². The zero-order valence-corrected chi connectivity index (χ0v) is 12.7. The Balaban J connectivity index is 1.77. The number of imidazole rings is 1. The standard InChI is InChI=1S/C15H19N3OS/c1-11-9-17(2)14(16-11)12-5-3-7-18(10-12)15(19)13-6-4-8-20-13/h4,6,8-9,12H,3,5,7,10H2,1-2H3/t12-/m0/s1. The Morgan fingerprint density at radius 2 is 2.35 bits per heavy atom. The zero-order chi connectivity index (χ0) is 14.1. The molecule has 4 nitrogen and oxygen atoms in total. The minimum Gasteiger partial charge on any atom is -0.337 e. The van der Waals surface area contributed by atoms with Gasteiger partial charge in [0, 0.05) is 32.3 Å². The maximum atomic E-state index is 12.4. The molecule has 5 heteroatoms. The van der Waals surface area contributed by atoms with Crippen LogP contribution in [0.3, 0.4) is 0 Å². The van der Waals surface area contributed by atoms with Crippen LogP contribution in [0.25, 0.3) is 0 Å². The third kappa shape index (κ3) is 2.50. The molecular formula is C15H19N3OS. The van der Waals surface area contributed by atoms with Crippen molar-refractivity contribution in [3.63, 3.8) is 0 Å². The van der Waals surface area contributed by atoms with Crippen LogP contribution < -0.4 is 0 Å². The minimum atomic E-state index is 0.163. The molecule has 1 amide bonds. The number of carbonyl (C=O) groups excluding carboxylic acids is 1. The lowest BCUT2D eigenvalue weighted by atomic mass is 9.97. The van der Waals surface area contributed by atoms with E-state index in [1.165, 1.54) is 11.3 Å². The first-order valence-electron chi connectivity index (χ1n) is 6.98. The molecule has 106 valence electrons. The topological polar surface area (TPSA) is 38.1 Å². The predicted molar refractivity (Wildman–Crippen MR) is 80.1 cm³/mol. The van der Waals surface area contributed by atoms with Gasteiger partial charge in [0.15, 0.2) is 0 Å². The molecule has 0 spiro atoms. The quantitative estimate of drug-likeness (QED) is 0.852. The van der Waals surface area contributed by atoms with E-state index in [0.29, 0.717) is 5.92 Å². The summed E-state index contributed by atoms with van der Waals surface area (Å²) in [6, 6.07) is 3.84. The van der Waals surface area contributed by atoms with Crippen LogP contribution in [-0.2, 0) is 7.05 Å². The van der Waals surface area contributed by atoms with E-state index in [2.05, 4.69) is 15.7 Å². The van der Waals surface area contributed by atoms with Crippen LogP contribution in [0.4, 0.5) is 0 Å². The summed E-state index contributed by atoms with van der Waals surface area (Å²) in [4.78, 5) is 19.9. The minimum absolute atomic E-state index is 0.163. The summed E-state index contributed by atoms with van der Waals surface area (Å²) in [5.74, 6) is 1.62. The van der Waals surface area contributed by atoms with Gasteiger partial charge < -0.3 is 9.47 Å². The molecule has 1 atom stereocenters. The van der Waals surface area contributed by atoms with Crippen molar-refractivity contribution in [2.45, 2.75) is 25.7 Å². The van der Waals surface area contributed by atoms with E-state index in [0.717, 1.165) is 42.3 Å². The van der Waals surface area contributed by atoms with Gasteiger partial charge in [0.2, 0.25) is 0 Å². The molecule has 0 saturated carbocycles. The summed E-state index contributed by atoms with van der Waals surface area (Å²) >= 11 is 1.52. The molecule has 20 heavy (non-hydrogen) atoms. The predicted octanol–water partition coefficient (Wildman–Crippen LogP) is 2.81. The van der Waals surface area contributed by atoms with Gasteiger partial charge >= 0.3 is 0 Å². The van der Waals surface area contributed by atoms with E-state index in [-0.39, 0.29) is 5.91 Å². The number of amides is 1.